The molecule has 1 amide bonds. The first-order chi connectivity index (χ1) is 15.9. The summed E-state index contributed by atoms with van der Waals surface area (Å²) >= 11 is 0. The van der Waals surface area contributed by atoms with Gasteiger partial charge in [0.05, 0.1) is 12.3 Å². The number of sulfonamides is 1. The molecule has 1 aliphatic rings. The average molecular weight is 473 g/mol. The van der Waals surface area contributed by atoms with Gasteiger partial charge >= 0.3 is 0 Å². The monoisotopic (exact) mass is 472 g/mol. The van der Waals surface area contributed by atoms with Gasteiger partial charge in [-0.1, -0.05) is 62.4 Å². The molecule has 1 N–H and O–H groups in total. The van der Waals surface area contributed by atoms with Crippen LogP contribution in [0, 0.1) is 5.92 Å². The van der Waals surface area contributed by atoms with E-state index in [4.69, 9.17) is 4.74 Å². The molecule has 2 aromatic carbocycles. The predicted octanol–water partition coefficient (Wildman–Crippen LogP) is 3.98. The molecule has 7 heteroatoms. The van der Waals surface area contributed by atoms with Crippen LogP contribution >= 0.6 is 0 Å². The molecular formula is C26H36N2O4S. The number of benzene rings is 2. The number of nitrogens with one attached hydrogen (secondary N) is 1. The molecule has 1 fully saturated rings. The number of hydrogen-bond acceptors (Lipinski definition) is 4. The Bertz CT molecular complexity index is 984. The van der Waals surface area contributed by atoms with E-state index in [1.165, 1.54) is 0 Å². The fourth-order valence-corrected chi connectivity index (χ4v) is 5.73. The molecule has 0 bridgehead atoms. The van der Waals surface area contributed by atoms with Crippen molar-refractivity contribution in [3.63, 3.8) is 0 Å². The van der Waals surface area contributed by atoms with Gasteiger partial charge in [0, 0.05) is 19.0 Å². The van der Waals surface area contributed by atoms with E-state index in [2.05, 4.69) is 25.2 Å². The largest absolute Gasteiger partial charge is 0.491 e. The molecule has 1 aliphatic heterocycles. The maximum atomic E-state index is 12.7. The van der Waals surface area contributed by atoms with E-state index < -0.39 is 10.0 Å². The quantitative estimate of drug-likeness (QED) is 0.502. The van der Waals surface area contributed by atoms with Crippen molar-refractivity contribution in [1.29, 1.82) is 0 Å². The molecule has 0 aliphatic carbocycles. The summed E-state index contributed by atoms with van der Waals surface area (Å²) in [6.45, 7) is 5.90. The molecule has 3 rings (SSSR count). The fraction of sp³-hybridized carbons (Fsp3) is 0.500. The van der Waals surface area contributed by atoms with Crippen LogP contribution in [-0.2, 0) is 21.2 Å². The topological polar surface area (TPSA) is 75.7 Å². The maximum absolute atomic E-state index is 12.7. The van der Waals surface area contributed by atoms with Crippen LogP contribution in [0.15, 0.2) is 54.6 Å². The van der Waals surface area contributed by atoms with Gasteiger partial charge < -0.3 is 10.1 Å². The summed E-state index contributed by atoms with van der Waals surface area (Å²) in [6, 6.07) is 17.9. The standard InChI is InChI=1S/C26H36N2O4S/c1-21(2)24-12-6-7-13-25(24)32-19-16-27-26(29)23-14-17-28(18-15-23)33(30,31)20-8-11-22-9-4-3-5-10-22/h3-7,9-10,12-13,21,23H,8,11,14-20H2,1-2H3,(H,27,29). The number of amides is 1. The number of piperidine rings is 1. The zero-order valence-electron chi connectivity index (χ0n) is 19.7. The highest BCUT2D eigenvalue weighted by molar-refractivity contribution is 7.89. The van der Waals surface area contributed by atoms with Crippen molar-refractivity contribution >= 4 is 15.9 Å². The molecule has 6 nitrogen and oxygen atoms in total. The molecule has 1 saturated heterocycles. The summed E-state index contributed by atoms with van der Waals surface area (Å²) < 4.78 is 32.8. The first-order valence-electron chi connectivity index (χ1n) is 11.9. The number of rotatable bonds is 11. The number of aryl methyl sites for hydroxylation is 1. The molecule has 0 unspecified atom stereocenters. The third kappa shape index (κ3) is 7.57. The van der Waals surface area contributed by atoms with Crippen molar-refractivity contribution in [2.75, 3.05) is 32.0 Å². The van der Waals surface area contributed by atoms with Crippen LogP contribution in [0.5, 0.6) is 5.75 Å². The van der Waals surface area contributed by atoms with Gasteiger partial charge in [0.1, 0.15) is 12.4 Å². The number of ether oxygens (including phenoxy) is 1. The second-order valence-electron chi connectivity index (χ2n) is 8.91. The number of carbonyl (C=O) groups excluding carboxylic acids is 1. The third-order valence-electron chi connectivity index (χ3n) is 6.13. The normalized spacial score (nSPS) is 15.5. The van der Waals surface area contributed by atoms with E-state index in [0.29, 0.717) is 51.4 Å². The van der Waals surface area contributed by atoms with Gasteiger partial charge in [0.2, 0.25) is 15.9 Å². The maximum Gasteiger partial charge on any atom is 0.223 e. The fourth-order valence-electron chi connectivity index (χ4n) is 4.20. The van der Waals surface area contributed by atoms with E-state index in [1.807, 2.05) is 48.5 Å². The van der Waals surface area contributed by atoms with Crippen LogP contribution < -0.4 is 10.1 Å². The molecule has 180 valence electrons. The number of carbonyl (C=O) groups is 1. The van der Waals surface area contributed by atoms with Crippen molar-refractivity contribution in [2.45, 2.75) is 45.4 Å². The first-order valence-corrected chi connectivity index (χ1v) is 13.5. The Morgan fingerprint density at radius 1 is 1.06 bits per heavy atom. The molecule has 33 heavy (non-hydrogen) atoms. The Hall–Kier alpha value is -2.38. The van der Waals surface area contributed by atoms with E-state index in [1.54, 1.807) is 4.31 Å². The average Bonchev–Trinajstić information content (AvgIpc) is 2.82. The van der Waals surface area contributed by atoms with Crippen LogP contribution in [0.3, 0.4) is 0 Å². The van der Waals surface area contributed by atoms with E-state index in [-0.39, 0.29) is 17.6 Å². The molecular weight excluding hydrogens is 436 g/mol. The molecule has 0 atom stereocenters. The van der Waals surface area contributed by atoms with Gasteiger partial charge in [-0.3, -0.25) is 4.79 Å². The Morgan fingerprint density at radius 2 is 1.73 bits per heavy atom. The summed E-state index contributed by atoms with van der Waals surface area (Å²) in [5.74, 6) is 1.21. The van der Waals surface area contributed by atoms with Gasteiger partial charge in [0.25, 0.3) is 0 Å². The van der Waals surface area contributed by atoms with Gasteiger partial charge in [-0.25, -0.2) is 12.7 Å². The van der Waals surface area contributed by atoms with E-state index >= 15 is 0 Å². The van der Waals surface area contributed by atoms with Crippen LogP contribution in [0.25, 0.3) is 0 Å². The highest BCUT2D eigenvalue weighted by Crippen LogP contribution is 2.25. The van der Waals surface area contributed by atoms with Crippen LogP contribution in [0.1, 0.15) is 50.2 Å². The van der Waals surface area contributed by atoms with Gasteiger partial charge in [-0.15, -0.1) is 0 Å². The van der Waals surface area contributed by atoms with Crippen molar-refractivity contribution in [1.82, 2.24) is 9.62 Å². The lowest BCUT2D eigenvalue weighted by Gasteiger charge is -2.30. The Morgan fingerprint density at radius 3 is 2.42 bits per heavy atom. The van der Waals surface area contributed by atoms with Crippen molar-refractivity contribution in [2.24, 2.45) is 5.92 Å². The second-order valence-corrected chi connectivity index (χ2v) is 11.0. The number of nitrogens with zero attached hydrogens (tertiary/aromatic N) is 1. The summed E-state index contributed by atoms with van der Waals surface area (Å²) in [5, 5.41) is 2.95. The third-order valence-corrected chi connectivity index (χ3v) is 8.09. The Kier molecular flexibility index (Phi) is 9.32. The van der Waals surface area contributed by atoms with E-state index in [0.717, 1.165) is 23.3 Å². The molecule has 0 spiro atoms. The predicted molar refractivity (Wildman–Crippen MR) is 132 cm³/mol. The van der Waals surface area contributed by atoms with Gasteiger partial charge in [-0.05, 0) is 48.8 Å². The summed E-state index contributed by atoms with van der Waals surface area (Å²) in [4.78, 5) is 12.5. The molecule has 1 heterocycles. The highest BCUT2D eigenvalue weighted by Gasteiger charge is 2.30. The van der Waals surface area contributed by atoms with Crippen molar-refractivity contribution in [3.05, 3.63) is 65.7 Å². The van der Waals surface area contributed by atoms with E-state index in [9.17, 15) is 13.2 Å². The summed E-state index contributed by atoms with van der Waals surface area (Å²) in [7, 11) is -3.28. The molecule has 0 radical (unpaired) electrons. The minimum Gasteiger partial charge on any atom is -0.491 e. The Labute approximate surface area is 198 Å². The second kappa shape index (κ2) is 12.2. The molecule has 0 aromatic heterocycles. The van der Waals surface area contributed by atoms with Crippen LogP contribution in [0.2, 0.25) is 0 Å². The van der Waals surface area contributed by atoms with Gasteiger partial charge in [-0.2, -0.15) is 0 Å². The smallest absolute Gasteiger partial charge is 0.223 e. The molecule has 2 aromatic rings. The lowest BCUT2D eigenvalue weighted by molar-refractivity contribution is -0.126. The van der Waals surface area contributed by atoms with Crippen LogP contribution in [-0.4, -0.2) is 50.6 Å². The zero-order valence-corrected chi connectivity index (χ0v) is 20.5. The number of hydrogen-bond donors (Lipinski definition) is 1. The zero-order chi connectivity index (χ0) is 23.7. The van der Waals surface area contributed by atoms with Crippen LogP contribution in [0.4, 0.5) is 0 Å². The first kappa shape index (κ1) is 25.2. The summed E-state index contributed by atoms with van der Waals surface area (Å²) in [5.41, 5.74) is 2.31. The van der Waals surface area contributed by atoms with Crippen molar-refractivity contribution < 1.29 is 17.9 Å². The van der Waals surface area contributed by atoms with Crippen molar-refractivity contribution in [3.8, 4) is 5.75 Å². The highest BCUT2D eigenvalue weighted by atomic mass is 32.2. The Balaban J connectivity index is 1.36. The molecule has 0 saturated carbocycles. The minimum atomic E-state index is -3.28. The lowest BCUT2D eigenvalue weighted by Crippen LogP contribution is -2.44. The summed E-state index contributed by atoms with van der Waals surface area (Å²) in [6.07, 6.45) is 2.47. The van der Waals surface area contributed by atoms with Gasteiger partial charge in [0.15, 0.2) is 0 Å². The lowest BCUT2D eigenvalue weighted by atomic mass is 9.97. The minimum absolute atomic E-state index is 0.0168. The SMILES string of the molecule is CC(C)c1ccccc1OCCNC(=O)C1CCN(S(=O)(=O)CCCc2ccccc2)CC1. The number of para-hydroxylation sites is 1.